The predicted molar refractivity (Wildman–Crippen MR) is 110 cm³/mol. The van der Waals surface area contributed by atoms with Crippen molar-refractivity contribution < 1.29 is 13.7 Å². The van der Waals surface area contributed by atoms with Gasteiger partial charge in [-0.15, -0.1) is 0 Å². The molecule has 2 aromatic carbocycles. The van der Waals surface area contributed by atoms with Gasteiger partial charge in [0, 0.05) is 23.4 Å². The zero-order valence-corrected chi connectivity index (χ0v) is 17.0. The molecular formula is C21H16BrFN4O2. The maximum Gasteiger partial charge on any atom is 0.279 e. The van der Waals surface area contributed by atoms with Gasteiger partial charge in [0.2, 0.25) is 0 Å². The Bertz CT molecular complexity index is 1170. The van der Waals surface area contributed by atoms with Crippen molar-refractivity contribution in [2.75, 3.05) is 5.32 Å². The fraction of sp³-hybridized carbons (Fsp3) is 0.0952. The minimum atomic E-state index is -0.455. The third-order valence-electron chi connectivity index (χ3n) is 4.32. The van der Waals surface area contributed by atoms with Gasteiger partial charge in [0.1, 0.15) is 5.82 Å². The van der Waals surface area contributed by atoms with Gasteiger partial charge in [0.15, 0.2) is 17.3 Å². The molecular weight excluding hydrogens is 439 g/mol. The lowest BCUT2D eigenvalue weighted by atomic mass is 10.1. The average Bonchev–Trinajstić information content (AvgIpc) is 3.32. The van der Waals surface area contributed by atoms with Crippen LogP contribution in [0.1, 0.15) is 21.6 Å². The van der Waals surface area contributed by atoms with Crippen LogP contribution in [0.25, 0.3) is 11.3 Å². The van der Waals surface area contributed by atoms with Gasteiger partial charge in [-0.05, 0) is 28.9 Å². The van der Waals surface area contributed by atoms with Crippen LogP contribution in [0, 0.1) is 12.7 Å². The third kappa shape index (κ3) is 4.27. The summed E-state index contributed by atoms with van der Waals surface area (Å²) in [5.41, 5.74) is 2.59. The van der Waals surface area contributed by atoms with E-state index in [2.05, 4.69) is 31.5 Å². The summed E-state index contributed by atoms with van der Waals surface area (Å²) in [5, 5.41) is 10.8. The first kappa shape index (κ1) is 19.1. The molecule has 29 heavy (non-hydrogen) atoms. The molecule has 2 aromatic heterocycles. The van der Waals surface area contributed by atoms with E-state index in [0.717, 1.165) is 11.1 Å². The summed E-state index contributed by atoms with van der Waals surface area (Å²) in [7, 11) is 0. The van der Waals surface area contributed by atoms with Crippen LogP contribution < -0.4 is 5.32 Å². The van der Waals surface area contributed by atoms with Crippen molar-refractivity contribution in [1.82, 2.24) is 14.9 Å². The molecule has 0 atom stereocenters. The van der Waals surface area contributed by atoms with Crippen LogP contribution in [0.5, 0.6) is 0 Å². The molecule has 0 saturated heterocycles. The molecule has 4 aromatic rings. The molecule has 6 nitrogen and oxygen atoms in total. The van der Waals surface area contributed by atoms with E-state index < -0.39 is 5.91 Å². The first-order valence-electron chi connectivity index (χ1n) is 8.81. The van der Waals surface area contributed by atoms with Crippen LogP contribution >= 0.6 is 15.9 Å². The van der Waals surface area contributed by atoms with Crippen LogP contribution in [0.15, 0.2) is 69.8 Å². The van der Waals surface area contributed by atoms with E-state index in [1.807, 2.05) is 31.2 Å². The quantitative estimate of drug-likeness (QED) is 0.457. The van der Waals surface area contributed by atoms with Gasteiger partial charge in [-0.2, -0.15) is 5.10 Å². The lowest BCUT2D eigenvalue weighted by Gasteiger charge is -2.03. The molecule has 4 rings (SSSR count). The number of rotatable bonds is 5. The lowest BCUT2D eigenvalue weighted by molar-refractivity contribution is 0.101. The highest BCUT2D eigenvalue weighted by Gasteiger charge is 2.17. The lowest BCUT2D eigenvalue weighted by Crippen LogP contribution is -2.13. The largest absolute Gasteiger partial charge is 0.355 e. The highest BCUT2D eigenvalue weighted by atomic mass is 79.9. The van der Waals surface area contributed by atoms with E-state index in [9.17, 15) is 9.18 Å². The number of amides is 1. The Labute approximate surface area is 174 Å². The molecule has 0 radical (unpaired) electrons. The topological polar surface area (TPSA) is 73.0 Å². The average molecular weight is 455 g/mol. The van der Waals surface area contributed by atoms with Gasteiger partial charge in [-0.3, -0.25) is 9.48 Å². The molecule has 0 aliphatic carbocycles. The van der Waals surface area contributed by atoms with Crippen molar-refractivity contribution in [2.24, 2.45) is 0 Å². The SMILES string of the molecule is Cc1ccc(-c2cc(C(=O)Nc3nn(Cc4ccccc4F)cc3Br)no2)cc1. The number of aryl methyl sites for hydroxylation is 1. The molecule has 0 unspecified atom stereocenters. The van der Waals surface area contributed by atoms with E-state index in [0.29, 0.717) is 21.6 Å². The van der Waals surface area contributed by atoms with Gasteiger partial charge in [0.05, 0.1) is 11.0 Å². The van der Waals surface area contributed by atoms with Gasteiger partial charge >= 0.3 is 0 Å². The summed E-state index contributed by atoms with van der Waals surface area (Å²) in [5.74, 6) is 0.0467. The van der Waals surface area contributed by atoms with Gasteiger partial charge in [0.25, 0.3) is 5.91 Å². The van der Waals surface area contributed by atoms with Crippen LogP contribution in [-0.2, 0) is 6.54 Å². The van der Waals surface area contributed by atoms with Gasteiger partial charge in [-0.1, -0.05) is 53.2 Å². The molecule has 0 saturated carbocycles. The Kier molecular flexibility index (Phi) is 5.26. The second-order valence-corrected chi connectivity index (χ2v) is 7.37. The predicted octanol–water partition coefficient (Wildman–Crippen LogP) is 5.05. The van der Waals surface area contributed by atoms with Crippen LogP contribution in [-0.4, -0.2) is 20.8 Å². The minimum absolute atomic E-state index is 0.135. The Morgan fingerprint density at radius 1 is 1.21 bits per heavy atom. The number of benzene rings is 2. The fourth-order valence-corrected chi connectivity index (χ4v) is 3.19. The van der Waals surface area contributed by atoms with Crippen LogP contribution in [0.4, 0.5) is 10.2 Å². The molecule has 1 N–H and O–H groups in total. The number of nitrogens with one attached hydrogen (secondary N) is 1. The number of aromatic nitrogens is 3. The number of hydrogen-bond acceptors (Lipinski definition) is 4. The fourth-order valence-electron chi connectivity index (χ4n) is 2.77. The number of nitrogens with zero attached hydrogens (tertiary/aromatic N) is 3. The number of carbonyl (C=O) groups is 1. The summed E-state index contributed by atoms with van der Waals surface area (Å²) >= 11 is 3.36. The minimum Gasteiger partial charge on any atom is -0.355 e. The maximum atomic E-state index is 13.8. The smallest absolute Gasteiger partial charge is 0.279 e. The van der Waals surface area contributed by atoms with E-state index in [1.54, 1.807) is 35.1 Å². The van der Waals surface area contributed by atoms with Crippen LogP contribution in [0.2, 0.25) is 0 Å². The first-order valence-corrected chi connectivity index (χ1v) is 9.60. The molecule has 8 heteroatoms. The van der Waals surface area contributed by atoms with Crippen molar-refractivity contribution in [1.29, 1.82) is 0 Å². The Balaban J connectivity index is 1.48. The Hall–Kier alpha value is -3.26. The Morgan fingerprint density at radius 2 is 1.97 bits per heavy atom. The second kappa shape index (κ2) is 8.00. The molecule has 0 aliphatic heterocycles. The summed E-state index contributed by atoms with van der Waals surface area (Å²) < 4.78 is 21.2. The van der Waals surface area contributed by atoms with Crippen molar-refractivity contribution in [3.05, 3.63) is 87.9 Å². The first-order chi connectivity index (χ1) is 14.0. The van der Waals surface area contributed by atoms with Crippen LogP contribution in [0.3, 0.4) is 0 Å². The zero-order chi connectivity index (χ0) is 20.4. The molecule has 0 aliphatic rings. The number of carbonyl (C=O) groups excluding carboxylic acids is 1. The van der Waals surface area contributed by atoms with Crippen molar-refractivity contribution in [3.63, 3.8) is 0 Å². The highest BCUT2D eigenvalue weighted by molar-refractivity contribution is 9.10. The van der Waals surface area contributed by atoms with E-state index in [4.69, 9.17) is 4.52 Å². The van der Waals surface area contributed by atoms with Crippen molar-refractivity contribution >= 4 is 27.7 Å². The van der Waals surface area contributed by atoms with E-state index >= 15 is 0 Å². The summed E-state index contributed by atoms with van der Waals surface area (Å²) in [6.45, 7) is 2.23. The Morgan fingerprint density at radius 3 is 2.72 bits per heavy atom. The second-order valence-electron chi connectivity index (χ2n) is 6.51. The van der Waals surface area contributed by atoms with Gasteiger partial charge < -0.3 is 9.84 Å². The highest BCUT2D eigenvalue weighted by Crippen LogP contribution is 2.24. The summed E-state index contributed by atoms with van der Waals surface area (Å²) in [6, 6.07) is 15.8. The number of hydrogen-bond donors (Lipinski definition) is 1. The zero-order valence-electron chi connectivity index (χ0n) is 15.4. The number of anilines is 1. The van der Waals surface area contributed by atoms with E-state index in [-0.39, 0.29) is 18.1 Å². The maximum absolute atomic E-state index is 13.8. The third-order valence-corrected chi connectivity index (χ3v) is 4.90. The standard InChI is InChI=1S/C21H16BrFN4O2/c1-13-6-8-14(9-7-13)19-10-18(26-29-19)21(28)24-20-16(22)12-27(25-20)11-15-4-2-3-5-17(15)23/h2-10,12H,11H2,1H3,(H,24,25,28). The van der Waals surface area contributed by atoms with E-state index in [1.165, 1.54) is 6.07 Å². The molecule has 0 fully saturated rings. The van der Waals surface area contributed by atoms with Crippen molar-refractivity contribution in [2.45, 2.75) is 13.5 Å². The molecule has 0 bridgehead atoms. The monoisotopic (exact) mass is 454 g/mol. The molecule has 1 amide bonds. The van der Waals surface area contributed by atoms with Crippen molar-refractivity contribution in [3.8, 4) is 11.3 Å². The summed E-state index contributed by atoms with van der Waals surface area (Å²) in [4.78, 5) is 12.5. The van der Waals surface area contributed by atoms with Gasteiger partial charge in [-0.25, -0.2) is 4.39 Å². The summed E-state index contributed by atoms with van der Waals surface area (Å²) in [6.07, 6.45) is 1.67. The number of halogens is 2. The normalized spacial score (nSPS) is 10.9. The molecule has 146 valence electrons. The molecule has 0 spiro atoms. The molecule has 2 heterocycles.